The van der Waals surface area contributed by atoms with Crippen molar-refractivity contribution in [3.05, 3.63) is 64.7 Å². The quantitative estimate of drug-likeness (QED) is 0.763. The van der Waals surface area contributed by atoms with E-state index in [1.807, 2.05) is 25.1 Å². The lowest BCUT2D eigenvalue weighted by molar-refractivity contribution is 0.305. The Morgan fingerprint density at radius 1 is 1.20 bits per heavy atom. The van der Waals surface area contributed by atoms with E-state index in [1.165, 1.54) is 18.2 Å². The molecule has 1 atom stereocenters. The van der Waals surface area contributed by atoms with Gasteiger partial charge in [0.1, 0.15) is 35.6 Å². The summed E-state index contributed by atoms with van der Waals surface area (Å²) < 4.78 is 39.1. The molecular weight excluding hydrogens is 324 g/mol. The standard InChI is InChI=1S/C20H21F2NO2/c1-4-24-18-10-13(12(2)3)8-9-14(18)17-11-25-20(23-17)19-15(21)6-5-7-16(19)22/h5-10,12,17H,4,11H2,1-3H3. The van der Waals surface area contributed by atoms with Crippen LogP contribution < -0.4 is 4.74 Å². The predicted octanol–water partition coefficient (Wildman–Crippen LogP) is 5.01. The van der Waals surface area contributed by atoms with Gasteiger partial charge >= 0.3 is 0 Å². The Hall–Kier alpha value is -2.43. The molecule has 5 heteroatoms. The largest absolute Gasteiger partial charge is 0.494 e. The van der Waals surface area contributed by atoms with Gasteiger partial charge in [0.05, 0.1) is 6.61 Å². The van der Waals surface area contributed by atoms with Crippen LogP contribution in [0.2, 0.25) is 0 Å². The molecule has 0 bridgehead atoms. The van der Waals surface area contributed by atoms with Gasteiger partial charge in [-0.2, -0.15) is 0 Å². The first-order valence-corrected chi connectivity index (χ1v) is 8.42. The number of ether oxygens (including phenoxy) is 2. The molecule has 0 N–H and O–H groups in total. The fourth-order valence-corrected chi connectivity index (χ4v) is 2.84. The summed E-state index contributed by atoms with van der Waals surface area (Å²) in [6.07, 6.45) is 0. The van der Waals surface area contributed by atoms with Crippen molar-refractivity contribution in [2.75, 3.05) is 13.2 Å². The van der Waals surface area contributed by atoms with Crippen LogP contribution in [0.4, 0.5) is 8.78 Å². The van der Waals surface area contributed by atoms with E-state index < -0.39 is 11.6 Å². The average Bonchev–Trinajstić information content (AvgIpc) is 3.04. The van der Waals surface area contributed by atoms with Crippen LogP contribution in [0.5, 0.6) is 5.75 Å². The van der Waals surface area contributed by atoms with E-state index >= 15 is 0 Å². The van der Waals surface area contributed by atoms with Gasteiger partial charge in [-0.15, -0.1) is 0 Å². The second-order valence-electron chi connectivity index (χ2n) is 6.24. The lowest BCUT2D eigenvalue weighted by atomic mass is 9.98. The average molecular weight is 345 g/mol. The van der Waals surface area contributed by atoms with E-state index in [0.29, 0.717) is 12.5 Å². The number of halogens is 2. The van der Waals surface area contributed by atoms with Gasteiger partial charge in [0.25, 0.3) is 0 Å². The first-order valence-electron chi connectivity index (χ1n) is 8.42. The molecule has 0 amide bonds. The molecule has 1 aliphatic heterocycles. The van der Waals surface area contributed by atoms with Gasteiger partial charge in [-0.05, 0) is 36.6 Å². The molecule has 2 aromatic rings. The van der Waals surface area contributed by atoms with Crippen LogP contribution in [0.25, 0.3) is 0 Å². The summed E-state index contributed by atoms with van der Waals surface area (Å²) in [5.41, 5.74) is 1.80. The van der Waals surface area contributed by atoms with Crippen molar-refractivity contribution >= 4 is 5.90 Å². The van der Waals surface area contributed by atoms with Crippen LogP contribution in [0.1, 0.15) is 49.4 Å². The maximum Gasteiger partial charge on any atom is 0.222 e. The predicted molar refractivity (Wildman–Crippen MR) is 93.3 cm³/mol. The highest BCUT2D eigenvalue weighted by atomic mass is 19.1. The lowest BCUT2D eigenvalue weighted by Crippen LogP contribution is -2.07. The highest BCUT2D eigenvalue weighted by Gasteiger charge is 2.28. The van der Waals surface area contributed by atoms with Crippen molar-refractivity contribution in [1.29, 1.82) is 0 Å². The number of rotatable bonds is 5. The van der Waals surface area contributed by atoms with E-state index in [9.17, 15) is 8.78 Å². The van der Waals surface area contributed by atoms with Crippen LogP contribution in [0.15, 0.2) is 41.4 Å². The Bertz CT molecular complexity index is 782. The Morgan fingerprint density at radius 2 is 1.92 bits per heavy atom. The van der Waals surface area contributed by atoms with E-state index in [4.69, 9.17) is 9.47 Å². The first kappa shape index (κ1) is 17.4. The molecule has 0 radical (unpaired) electrons. The Morgan fingerprint density at radius 3 is 2.56 bits per heavy atom. The highest BCUT2D eigenvalue weighted by molar-refractivity contribution is 5.95. The first-order chi connectivity index (χ1) is 12.0. The molecule has 1 aliphatic rings. The number of hydrogen-bond donors (Lipinski definition) is 0. The fraction of sp³-hybridized carbons (Fsp3) is 0.350. The molecule has 132 valence electrons. The maximum atomic E-state index is 13.9. The number of benzene rings is 2. The van der Waals surface area contributed by atoms with Crippen molar-refractivity contribution < 1.29 is 18.3 Å². The number of nitrogens with zero attached hydrogens (tertiary/aromatic N) is 1. The summed E-state index contributed by atoms with van der Waals surface area (Å²) in [6.45, 7) is 6.90. The smallest absolute Gasteiger partial charge is 0.222 e. The summed E-state index contributed by atoms with van der Waals surface area (Å²) in [6, 6.07) is 9.34. The molecular formula is C20H21F2NO2. The van der Waals surface area contributed by atoms with Crippen LogP contribution in [-0.4, -0.2) is 19.1 Å². The zero-order valence-electron chi connectivity index (χ0n) is 14.6. The third-order valence-electron chi connectivity index (χ3n) is 4.19. The molecule has 0 spiro atoms. The molecule has 0 saturated heterocycles. The molecule has 3 nitrogen and oxygen atoms in total. The van der Waals surface area contributed by atoms with Gasteiger partial charge in [0.15, 0.2) is 0 Å². The highest BCUT2D eigenvalue weighted by Crippen LogP contribution is 2.35. The Balaban J connectivity index is 1.97. The van der Waals surface area contributed by atoms with Gasteiger partial charge in [0.2, 0.25) is 5.90 Å². The monoisotopic (exact) mass is 345 g/mol. The Kier molecular flexibility index (Phi) is 5.02. The molecule has 3 rings (SSSR count). The van der Waals surface area contributed by atoms with Crippen LogP contribution in [0, 0.1) is 11.6 Å². The summed E-state index contributed by atoms with van der Waals surface area (Å²) in [7, 11) is 0. The molecule has 2 aromatic carbocycles. The third-order valence-corrected chi connectivity index (χ3v) is 4.19. The number of hydrogen-bond acceptors (Lipinski definition) is 3. The number of aliphatic imine (C=N–C) groups is 1. The minimum Gasteiger partial charge on any atom is -0.494 e. The maximum absolute atomic E-state index is 13.9. The van der Waals surface area contributed by atoms with Crippen molar-refractivity contribution in [2.45, 2.75) is 32.7 Å². The third kappa shape index (κ3) is 3.50. The summed E-state index contributed by atoms with van der Waals surface area (Å²) in [5.74, 6) is -0.254. The van der Waals surface area contributed by atoms with Gasteiger partial charge in [0, 0.05) is 5.56 Å². The van der Waals surface area contributed by atoms with Crippen molar-refractivity contribution in [1.82, 2.24) is 0 Å². The lowest BCUT2D eigenvalue weighted by Gasteiger charge is -2.15. The molecule has 0 fully saturated rings. The van der Waals surface area contributed by atoms with Crippen molar-refractivity contribution in [3.8, 4) is 5.75 Å². The van der Waals surface area contributed by atoms with Crippen molar-refractivity contribution in [2.24, 2.45) is 4.99 Å². The van der Waals surface area contributed by atoms with E-state index in [-0.39, 0.29) is 24.1 Å². The van der Waals surface area contributed by atoms with E-state index in [0.717, 1.165) is 16.9 Å². The van der Waals surface area contributed by atoms with E-state index in [2.05, 4.69) is 18.8 Å². The van der Waals surface area contributed by atoms with Gasteiger partial charge < -0.3 is 9.47 Å². The molecule has 0 saturated carbocycles. The van der Waals surface area contributed by atoms with Crippen molar-refractivity contribution in [3.63, 3.8) is 0 Å². The molecule has 1 unspecified atom stereocenters. The minimum absolute atomic E-state index is 0.00372. The molecule has 0 aliphatic carbocycles. The summed E-state index contributed by atoms with van der Waals surface area (Å²) in [5, 5.41) is 0. The van der Waals surface area contributed by atoms with Crippen LogP contribution in [-0.2, 0) is 4.74 Å². The van der Waals surface area contributed by atoms with Crippen LogP contribution >= 0.6 is 0 Å². The Labute approximate surface area is 146 Å². The van der Waals surface area contributed by atoms with Gasteiger partial charge in [-0.3, -0.25) is 0 Å². The van der Waals surface area contributed by atoms with Gasteiger partial charge in [-0.25, -0.2) is 13.8 Å². The SMILES string of the molecule is CCOc1cc(C(C)C)ccc1C1COC(c2c(F)cccc2F)=N1. The van der Waals surface area contributed by atoms with Gasteiger partial charge in [-0.1, -0.05) is 32.0 Å². The fourth-order valence-electron chi connectivity index (χ4n) is 2.84. The second-order valence-corrected chi connectivity index (χ2v) is 6.24. The molecule has 0 aromatic heterocycles. The summed E-state index contributed by atoms with van der Waals surface area (Å²) in [4.78, 5) is 4.40. The normalized spacial score (nSPS) is 16.7. The molecule has 25 heavy (non-hydrogen) atoms. The molecule has 1 heterocycles. The van der Waals surface area contributed by atoms with Crippen LogP contribution in [0.3, 0.4) is 0 Å². The zero-order chi connectivity index (χ0) is 18.0. The zero-order valence-corrected chi connectivity index (χ0v) is 14.6. The topological polar surface area (TPSA) is 30.8 Å². The second kappa shape index (κ2) is 7.21. The minimum atomic E-state index is -0.681. The van der Waals surface area contributed by atoms with E-state index in [1.54, 1.807) is 0 Å². The summed E-state index contributed by atoms with van der Waals surface area (Å²) >= 11 is 0.